The highest BCUT2D eigenvalue weighted by molar-refractivity contribution is 9.10. The van der Waals surface area contributed by atoms with Crippen molar-refractivity contribution in [2.45, 2.75) is 18.9 Å². The Kier molecular flexibility index (Phi) is 3.62. The van der Waals surface area contributed by atoms with Gasteiger partial charge >= 0.3 is 0 Å². The lowest BCUT2D eigenvalue weighted by Gasteiger charge is -2.03. The van der Waals surface area contributed by atoms with Crippen LogP contribution in [0.3, 0.4) is 0 Å². The van der Waals surface area contributed by atoms with E-state index in [0.29, 0.717) is 21.7 Å². The van der Waals surface area contributed by atoms with Crippen molar-refractivity contribution >= 4 is 49.8 Å². The average molecular weight is 353 g/mol. The number of anilines is 3. The number of aromatic nitrogens is 1. The van der Waals surface area contributed by atoms with Crippen molar-refractivity contribution in [3.05, 3.63) is 33.6 Å². The number of carbonyl (C=O) groups excluding carboxylic acids is 1. The minimum atomic E-state index is -0.234. The fourth-order valence-electron chi connectivity index (χ4n) is 1.71. The minimum absolute atomic E-state index is 0.234. The molecule has 0 saturated heterocycles. The number of nitrogen functional groups attached to an aromatic ring is 1. The molecule has 1 aromatic heterocycles. The Morgan fingerprint density at radius 1 is 1.45 bits per heavy atom. The minimum Gasteiger partial charge on any atom is -0.382 e. The number of nitrogens with two attached hydrogens (primary N) is 1. The van der Waals surface area contributed by atoms with Crippen LogP contribution in [0, 0.1) is 0 Å². The molecule has 1 aliphatic carbocycles. The molecule has 4 N–H and O–H groups in total. The van der Waals surface area contributed by atoms with Gasteiger partial charge in [0.15, 0.2) is 5.13 Å². The molecule has 104 valence electrons. The van der Waals surface area contributed by atoms with E-state index in [2.05, 4.69) is 31.5 Å². The van der Waals surface area contributed by atoms with Crippen LogP contribution >= 0.6 is 27.3 Å². The van der Waals surface area contributed by atoms with Crippen molar-refractivity contribution in [2.24, 2.45) is 0 Å². The zero-order chi connectivity index (χ0) is 14.1. The van der Waals surface area contributed by atoms with E-state index in [1.165, 1.54) is 11.3 Å². The van der Waals surface area contributed by atoms with Crippen molar-refractivity contribution in [1.82, 2.24) is 4.98 Å². The summed E-state index contributed by atoms with van der Waals surface area (Å²) in [7, 11) is 0. The zero-order valence-corrected chi connectivity index (χ0v) is 12.9. The van der Waals surface area contributed by atoms with Crippen molar-refractivity contribution in [1.29, 1.82) is 0 Å². The van der Waals surface area contributed by atoms with Gasteiger partial charge in [0.05, 0.1) is 0 Å². The highest BCUT2D eigenvalue weighted by Gasteiger charge is 2.24. The third kappa shape index (κ3) is 3.10. The third-order valence-electron chi connectivity index (χ3n) is 2.85. The molecule has 1 heterocycles. The molecule has 1 fully saturated rings. The topological polar surface area (TPSA) is 80.0 Å². The average Bonchev–Trinajstić information content (AvgIpc) is 3.11. The second-order valence-electron chi connectivity index (χ2n) is 4.62. The van der Waals surface area contributed by atoms with Gasteiger partial charge in [-0.3, -0.25) is 4.79 Å². The van der Waals surface area contributed by atoms with Gasteiger partial charge in [0, 0.05) is 16.2 Å². The summed E-state index contributed by atoms with van der Waals surface area (Å²) in [5.41, 5.74) is 6.53. The number of hydrogen-bond acceptors (Lipinski definition) is 5. The number of amides is 1. The molecule has 2 aromatic rings. The highest BCUT2D eigenvalue weighted by atomic mass is 79.9. The molecule has 1 aliphatic rings. The standard InChI is InChI=1S/C13H13BrN4OS/c14-7-2-1-3-9(6-7)16-12(19)10-11(15)18-13(20-10)17-8-4-5-8/h1-3,6,8H,4-5,15H2,(H,16,19)(H,17,18). The second-order valence-corrected chi connectivity index (χ2v) is 6.53. The summed E-state index contributed by atoms with van der Waals surface area (Å²) in [6.45, 7) is 0. The Hall–Kier alpha value is -1.60. The van der Waals surface area contributed by atoms with Gasteiger partial charge in [-0.05, 0) is 31.0 Å². The summed E-state index contributed by atoms with van der Waals surface area (Å²) < 4.78 is 0.906. The Balaban J connectivity index is 1.74. The Labute approximate surface area is 128 Å². The molecule has 0 radical (unpaired) electrons. The quantitative estimate of drug-likeness (QED) is 0.788. The van der Waals surface area contributed by atoms with Gasteiger partial charge in [0.1, 0.15) is 10.7 Å². The predicted molar refractivity (Wildman–Crippen MR) is 85.3 cm³/mol. The number of thiazole rings is 1. The Morgan fingerprint density at radius 3 is 2.95 bits per heavy atom. The van der Waals surface area contributed by atoms with Crippen LogP contribution in [0.2, 0.25) is 0 Å². The van der Waals surface area contributed by atoms with Gasteiger partial charge in [-0.25, -0.2) is 4.98 Å². The molecule has 0 aliphatic heterocycles. The third-order valence-corrected chi connectivity index (χ3v) is 4.34. The van der Waals surface area contributed by atoms with Crippen molar-refractivity contribution in [2.75, 3.05) is 16.4 Å². The van der Waals surface area contributed by atoms with Crippen LogP contribution in [-0.4, -0.2) is 16.9 Å². The molecule has 7 heteroatoms. The maximum absolute atomic E-state index is 12.2. The molecule has 0 atom stereocenters. The van der Waals surface area contributed by atoms with Crippen LogP contribution in [0.1, 0.15) is 22.5 Å². The van der Waals surface area contributed by atoms with Gasteiger partial charge in [-0.1, -0.05) is 33.3 Å². The van der Waals surface area contributed by atoms with E-state index >= 15 is 0 Å². The van der Waals surface area contributed by atoms with Crippen LogP contribution in [0.5, 0.6) is 0 Å². The smallest absolute Gasteiger partial charge is 0.269 e. The molecule has 5 nitrogen and oxygen atoms in total. The van der Waals surface area contributed by atoms with E-state index in [9.17, 15) is 4.79 Å². The second kappa shape index (κ2) is 5.41. The lowest BCUT2D eigenvalue weighted by Crippen LogP contribution is -2.12. The lowest BCUT2D eigenvalue weighted by atomic mass is 10.3. The summed E-state index contributed by atoms with van der Waals surface area (Å²) in [6, 6.07) is 7.90. The maximum Gasteiger partial charge on any atom is 0.269 e. The number of rotatable bonds is 4. The number of nitrogens with zero attached hydrogens (tertiary/aromatic N) is 1. The number of benzene rings is 1. The molecule has 3 rings (SSSR count). The first-order chi connectivity index (χ1) is 9.61. The number of hydrogen-bond donors (Lipinski definition) is 3. The summed E-state index contributed by atoms with van der Waals surface area (Å²) in [5.74, 6) is 0.0348. The van der Waals surface area contributed by atoms with Gasteiger partial charge in [0.2, 0.25) is 0 Å². The van der Waals surface area contributed by atoms with Crippen molar-refractivity contribution < 1.29 is 4.79 Å². The normalized spacial score (nSPS) is 14.1. The predicted octanol–water partition coefficient (Wildman–Crippen LogP) is 3.31. The van der Waals surface area contributed by atoms with Crippen molar-refractivity contribution in [3.8, 4) is 0 Å². The maximum atomic E-state index is 12.2. The number of carbonyl (C=O) groups is 1. The van der Waals surface area contributed by atoms with E-state index in [4.69, 9.17) is 5.73 Å². The monoisotopic (exact) mass is 352 g/mol. The summed E-state index contributed by atoms with van der Waals surface area (Å²) in [5, 5.41) is 6.77. The first-order valence-electron chi connectivity index (χ1n) is 6.21. The van der Waals surface area contributed by atoms with Gasteiger partial charge in [0.25, 0.3) is 5.91 Å². The van der Waals surface area contributed by atoms with E-state index < -0.39 is 0 Å². The highest BCUT2D eigenvalue weighted by Crippen LogP contribution is 2.31. The SMILES string of the molecule is Nc1nc(NC2CC2)sc1C(=O)Nc1cccc(Br)c1. The van der Waals surface area contributed by atoms with Crippen LogP contribution in [0.15, 0.2) is 28.7 Å². The fraction of sp³-hybridized carbons (Fsp3) is 0.231. The summed E-state index contributed by atoms with van der Waals surface area (Å²) in [4.78, 5) is 16.8. The van der Waals surface area contributed by atoms with Crippen LogP contribution < -0.4 is 16.4 Å². The van der Waals surface area contributed by atoms with Crippen molar-refractivity contribution in [3.63, 3.8) is 0 Å². The summed E-state index contributed by atoms with van der Waals surface area (Å²) in [6.07, 6.45) is 2.30. The molecular formula is C13H13BrN4OS. The molecule has 0 unspecified atom stereocenters. The summed E-state index contributed by atoms with van der Waals surface area (Å²) >= 11 is 4.65. The Morgan fingerprint density at radius 2 is 2.25 bits per heavy atom. The molecule has 1 amide bonds. The van der Waals surface area contributed by atoms with Gasteiger partial charge in [-0.15, -0.1) is 0 Å². The molecular weight excluding hydrogens is 340 g/mol. The molecule has 0 spiro atoms. The first-order valence-corrected chi connectivity index (χ1v) is 7.82. The van der Waals surface area contributed by atoms with E-state index in [-0.39, 0.29) is 11.7 Å². The van der Waals surface area contributed by atoms with Gasteiger partial charge in [-0.2, -0.15) is 0 Å². The zero-order valence-electron chi connectivity index (χ0n) is 10.5. The van der Waals surface area contributed by atoms with E-state index in [1.54, 1.807) is 0 Å². The molecule has 20 heavy (non-hydrogen) atoms. The van der Waals surface area contributed by atoms with E-state index in [0.717, 1.165) is 17.3 Å². The lowest BCUT2D eigenvalue weighted by molar-refractivity contribution is 0.103. The van der Waals surface area contributed by atoms with Gasteiger partial charge < -0.3 is 16.4 Å². The molecule has 0 bridgehead atoms. The van der Waals surface area contributed by atoms with Crippen LogP contribution in [-0.2, 0) is 0 Å². The van der Waals surface area contributed by atoms with Crippen LogP contribution in [0.4, 0.5) is 16.6 Å². The first kappa shape index (κ1) is 13.4. The van der Waals surface area contributed by atoms with E-state index in [1.807, 2.05) is 24.3 Å². The number of halogens is 1. The Bertz CT molecular complexity index is 654. The largest absolute Gasteiger partial charge is 0.382 e. The number of nitrogens with one attached hydrogen (secondary N) is 2. The molecule has 1 saturated carbocycles. The van der Waals surface area contributed by atoms with Crippen LogP contribution in [0.25, 0.3) is 0 Å². The fourth-order valence-corrected chi connectivity index (χ4v) is 2.97. The molecule has 1 aromatic carbocycles.